The van der Waals surface area contributed by atoms with Crippen molar-refractivity contribution in [3.05, 3.63) is 42.0 Å². The van der Waals surface area contributed by atoms with Crippen LogP contribution < -0.4 is 10.5 Å². The second kappa shape index (κ2) is 4.54. The molecular formula is C13H11N3O. The Hall–Kier alpha value is -2.54. The van der Waals surface area contributed by atoms with Gasteiger partial charge in [-0.2, -0.15) is 5.26 Å². The molecule has 84 valence electrons. The summed E-state index contributed by atoms with van der Waals surface area (Å²) in [6, 6.07) is 12.9. The molecule has 0 bridgehead atoms. The molecule has 17 heavy (non-hydrogen) atoms. The van der Waals surface area contributed by atoms with Crippen molar-refractivity contribution in [1.82, 2.24) is 4.98 Å². The molecule has 0 aliphatic heterocycles. The highest BCUT2D eigenvalue weighted by molar-refractivity contribution is 5.63. The van der Waals surface area contributed by atoms with Crippen LogP contribution in [0.1, 0.15) is 5.56 Å². The molecule has 0 aliphatic rings. The highest BCUT2D eigenvalue weighted by Crippen LogP contribution is 2.23. The number of benzene rings is 1. The largest absolute Gasteiger partial charge is 0.480 e. The molecule has 4 heteroatoms. The Morgan fingerprint density at radius 2 is 1.88 bits per heavy atom. The number of hydrogen-bond acceptors (Lipinski definition) is 4. The number of pyridine rings is 1. The quantitative estimate of drug-likeness (QED) is 0.795. The van der Waals surface area contributed by atoms with Crippen molar-refractivity contribution in [3.63, 3.8) is 0 Å². The lowest BCUT2D eigenvalue weighted by Crippen LogP contribution is -1.94. The minimum Gasteiger partial charge on any atom is -0.480 e. The van der Waals surface area contributed by atoms with Gasteiger partial charge in [-0.3, -0.25) is 0 Å². The average molecular weight is 225 g/mol. The van der Waals surface area contributed by atoms with E-state index in [0.717, 1.165) is 11.3 Å². The SMILES string of the molecule is COc1nc(-c2ccc(N)cc2)ccc1C#N. The average Bonchev–Trinajstić information content (AvgIpc) is 2.39. The Kier molecular flexibility index (Phi) is 2.93. The minimum absolute atomic E-state index is 0.335. The maximum Gasteiger partial charge on any atom is 0.231 e. The lowest BCUT2D eigenvalue weighted by atomic mass is 10.1. The zero-order valence-corrected chi connectivity index (χ0v) is 9.34. The van der Waals surface area contributed by atoms with Gasteiger partial charge in [0, 0.05) is 11.3 Å². The molecule has 2 aromatic rings. The number of anilines is 1. The Balaban J connectivity index is 2.47. The first kappa shape index (κ1) is 11.0. The Labute approximate surface area is 99.3 Å². The Morgan fingerprint density at radius 1 is 1.18 bits per heavy atom. The maximum atomic E-state index is 8.86. The molecule has 2 N–H and O–H groups in total. The summed E-state index contributed by atoms with van der Waals surface area (Å²) in [6.45, 7) is 0. The van der Waals surface area contributed by atoms with Crippen LogP contribution >= 0.6 is 0 Å². The van der Waals surface area contributed by atoms with Gasteiger partial charge in [-0.05, 0) is 24.3 Å². The van der Waals surface area contributed by atoms with Gasteiger partial charge in [0.1, 0.15) is 11.6 Å². The van der Waals surface area contributed by atoms with Crippen LogP contribution in [-0.4, -0.2) is 12.1 Å². The van der Waals surface area contributed by atoms with E-state index in [1.54, 1.807) is 12.1 Å². The summed E-state index contributed by atoms with van der Waals surface area (Å²) in [6.07, 6.45) is 0. The van der Waals surface area contributed by atoms with Crippen LogP contribution in [0.15, 0.2) is 36.4 Å². The van der Waals surface area contributed by atoms with Gasteiger partial charge in [-0.15, -0.1) is 0 Å². The molecule has 4 nitrogen and oxygen atoms in total. The first-order valence-electron chi connectivity index (χ1n) is 5.05. The van der Waals surface area contributed by atoms with Crippen LogP contribution in [0.25, 0.3) is 11.3 Å². The van der Waals surface area contributed by atoms with Crippen molar-refractivity contribution in [1.29, 1.82) is 5.26 Å². The number of hydrogen-bond donors (Lipinski definition) is 1. The Morgan fingerprint density at radius 3 is 2.47 bits per heavy atom. The predicted octanol–water partition coefficient (Wildman–Crippen LogP) is 2.21. The summed E-state index contributed by atoms with van der Waals surface area (Å²) < 4.78 is 5.06. The zero-order valence-electron chi connectivity index (χ0n) is 9.34. The van der Waals surface area contributed by atoms with Gasteiger partial charge in [0.05, 0.1) is 12.8 Å². The number of nitrogens with two attached hydrogens (primary N) is 1. The standard InChI is InChI=1S/C13H11N3O/c1-17-13-10(8-14)4-7-12(16-13)9-2-5-11(15)6-3-9/h2-7H,15H2,1H3. The zero-order chi connectivity index (χ0) is 12.3. The van der Waals surface area contributed by atoms with Crippen molar-refractivity contribution in [3.8, 4) is 23.2 Å². The van der Waals surface area contributed by atoms with Gasteiger partial charge in [-0.1, -0.05) is 12.1 Å². The number of nitriles is 1. The van der Waals surface area contributed by atoms with Crippen LogP contribution in [0.3, 0.4) is 0 Å². The fourth-order valence-corrected chi connectivity index (χ4v) is 1.50. The summed E-state index contributed by atoms with van der Waals surface area (Å²) in [5.41, 5.74) is 8.43. The molecule has 0 saturated carbocycles. The molecule has 0 radical (unpaired) electrons. The lowest BCUT2D eigenvalue weighted by molar-refractivity contribution is 0.397. The van der Waals surface area contributed by atoms with Gasteiger partial charge in [0.15, 0.2) is 0 Å². The number of aromatic nitrogens is 1. The van der Waals surface area contributed by atoms with Crippen molar-refractivity contribution < 1.29 is 4.74 Å². The topological polar surface area (TPSA) is 71.9 Å². The van der Waals surface area contributed by atoms with E-state index in [1.807, 2.05) is 30.3 Å². The number of nitrogen functional groups attached to an aromatic ring is 1. The van der Waals surface area contributed by atoms with E-state index in [2.05, 4.69) is 4.98 Å². The third-order valence-corrected chi connectivity index (χ3v) is 2.38. The molecule has 0 saturated heterocycles. The van der Waals surface area contributed by atoms with E-state index in [-0.39, 0.29) is 0 Å². The molecule has 1 aromatic heterocycles. The van der Waals surface area contributed by atoms with E-state index in [1.165, 1.54) is 7.11 Å². The van der Waals surface area contributed by atoms with E-state index >= 15 is 0 Å². The van der Waals surface area contributed by atoms with E-state index in [9.17, 15) is 0 Å². The van der Waals surface area contributed by atoms with Crippen molar-refractivity contribution >= 4 is 5.69 Å². The molecule has 0 atom stereocenters. The van der Waals surface area contributed by atoms with Crippen molar-refractivity contribution in [2.45, 2.75) is 0 Å². The number of rotatable bonds is 2. The normalized spacial score (nSPS) is 9.65. The molecule has 1 aromatic carbocycles. The number of nitrogens with zero attached hydrogens (tertiary/aromatic N) is 2. The highest BCUT2D eigenvalue weighted by atomic mass is 16.5. The summed E-state index contributed by atoms with van der Waals surface area (Å²) in [7, 11) is 1.50. The van der Waals surface area contributed by atoms with E-state index < -0.39 is 0 Å². The molecule has 0 spiro atoms. The van der Waals surface area contributed by atoms with Crippen LogP contribution in [0.5, 0.6) is 5.88 Å². The summed E-state index contributed by atoms with van der Waals surface area (Å²) in [4.78, 5) is 4.28. The predicted molar refractivity (Wildman–Crippen MR) is 65.4 cm³/mol. The maximum absolute atomic E-state index is 8.86. The Bertz CT molecular complexity index is 570. The second-order valence-corrected chi connectivity index (χ2v) is 3.49. The molecular weight excluding hydrogens is 214 g/mol. The number of ether oxygens (including phenoxy) is 1. The minimum atomic E-state index is 0.335. The highest BCUT2D eigenvalue weighted by Gasteiger charge is 2.06. The van der Waals surface area contributed by atoms with Gasteiger partial charge in [0.25, 0.3) is 0 Å². The van der Waals surface area contributed by atoms with Gasteiger partial charge in [-0.25, -0.2) is 4.98 Å². The summed E-state index contributed by atoms with van der Waals surface area (Å²) in [5, 5.41) is 8.86. The van der Waals surface area contributed by atoms with Gasteiger partial charge < -0.3 is 10.5 Å². The fraction of sp³-hybridized carbons (Fsp3) is 0.0769. The third-order valence-electron chi connectivity index (χ3n) is 2.38. The van der Waals surface area contributed by atoms with Crippen molar-refractivity contribution in [2.75, 3.05) is 12.8 Å². The molecule has 2 rings (SSSR count). The van der Waals surface area contributed by atoms with E-state index in [4.69, 9.17) is 15.7 Å². The second-order valence-electron chi connectivity index (χ2n) is 3.49. The lowest BCUT2D eigenvalue weighted by Gasteiger charge is -2.05. The molecule has 1 heterocycles. The first-order chi connectivity index (χ1) is 8.24. The smallest absolute Gasteiger partial charge is 0.231 e. The monoisotopic (exact) mass is 225 g/mol. The van der Waals surface area contributed by atoms with Crippen molar-refractivity contribution in [2.24, 2.45) is 0 Å². The summed E-state index contributed by atoms with van der Waals surface area (Å²) in [5.74, 6) is 0.335. The summed E-state index contributed by atoms with van der Waals surface area (Å²) >= 11 is 0. The molecule has 0 fully saturated rings. The molecule has 0 amide bonds. The van der Waals surface area contributed by atoms with E-state index in [0.29, 0.717) is 17.1 Å². The first-order valence-corrected chi connectivity index (χ1v) is 5.05. The third kappa shape index (κ3) is 2.18. The van der Waals surface area contributed by atoms with Crippen LogP contribution in [0.2, 0.25) is 0 Å². The van der Waals surface area contributed by atoms with Gasteiger partial charge in [0.2, 0.25) is 5.88 Å². The number of methoxy groups -OCH3 is 1. The van der Waals surface area contributed by atoms with Crippen LogP contribution in [-0.2, 0) is 0 Å². The van der Waals surface area contributed by atoms with Crippen LogP contribution in [0.4, 0.5) is 5.69 Å². The van der Waals surface area contributed by atoms with Gasteiger partial charge >= 0.3 is 0 Å². The fourth-order valence-electron chi connectivity index (χ4n) is 1.50. The molecule has 0 unspecified atom stereocenters. The van der Waals surface area contributed by atoms with Crippen LogP contribution in [0, 0.1) is 11.3 Å². The molecule has 0 aliphatic carbocycles.